The van der Waals surface area contributed by atoms with Gasteiger partial charge in [-0.1, -0.05) is 25.4 Å². The number of benzene rings is 1. The Kier molecular flexibility index (Phi) is 5.76. The topological polar surface area (TPSA) is 72.2 Å². The van der Waals surface area contributed by atoms with Crippen molar-refractivity contribution in [2.75, 3.05) is 6.54 Å². The Labute approximate surface area is 117 Å². The first kappa shape index (κ1) is 15.4. The Morgan fingerprint density at radius 2 is 2.16 bits per heavy atom. The molecule has 0 aliphatic rings. The molecule has 0 radical (unpaired) electrons. The van der Waals surface area contributed by atoms with Crippen LogP contribution in [0.25, 0.3) is 0 Å². The van der Waals surface area contributed by atoms with Crippen LogP contribution in [0, 0.1) is 16.0 Å². The molecule has 104 valence electrons. The molecule has 5 nitrogen and oxygen atoms in total. The summed E-state index contributed by atoms with van der Waals surface area (Å²) < 4.78 is 0. The van der Waals surface area contributed by atoms with E-state index in [4.69, 9.17) is 11.6 Å². The number of nitro benzene ring substituents is 1. The molecule has 1 rings (SSSR count). The van der Waals surface area contributed by atoms with Crippen molar-refractivity contribution < 1.29 is 9.72 Å². The zero-order valence-corrected chi connectivity index (χ0v) is 11.7. The normalized spacial score (nSPS) is 10.5. The second-order valence-electron chi connectivity index (χ2n) is 4.71. The van der Waals surface area contributed by atoms with Gasteiger partial charge in [-0.3, -0.25) is 14.9 Å². The highest BCUT2D eigenvalue weighted by Gasteiger charge is 2.20. The molecule has 6 heteroatoms. The Balaban J connectivity index is 2.69. The van der Waals surface area contributed by atoms with Gasteiger partial charge < -0.3 is 5.32 Å². The molecule has 1 N–H and O–H groups in total. The Hall–Kier alpha value is -1.62. The van der Waals surface area contributed by atoms with Crippen molar-refractivity contribution in [3.63, 3.8) is 0 Å². The summed E-state index contributed by atoms with van der Waals surface area (Å²) in [6, 6.07) is 4.03. The monoisotopic (exact) mass is 284 g/mol. The van der Waals surface area contributed by atoms with E-state index in [0.717, 1.165) is 12.8 Å². The summed E-state index contributed by atoms with van der Waals surface area (Å²) in [7, 11) is 0. The second-order valence-corrected chi connectivity index (χ2v) is 5.15. The van der Waals surface area contributed by atoms with E-state index in [9.17, 15) is 14.9 Å². The van der Waals surface area contributed by atoms with E-state index in [1.54, 1.807) is 0 Å². The fourth-order valence-corrected chi connectivity index (χ4v) is 1.82. The van der Waals surface area contributed by atoms with Crippen molar-refractivity contribution in [3.05, 3.63) is 38.9 Å². The van der Waals surface area contributed by atoms with E-state index in [2.05, 4.69) is 19.2 Å². The smallest absolute Gasteiger partial charge is 0.283 e. The van der Waals surface area contributed by atoms with Gasteiger partial charge in [-0.25, -0.2) is 0 Å². The van der Waals surface area contributed by atoms with Gasteiger partial charge in [0.2, 0.25) is 0 Å². The van der Waals surface area contributed by atoms with Crippen LogP contribution in [-0.4, -0.2) is 17.4 Å². The summed E-state index contributed by atoms with van der Waals surface area (Å²) >= 11 is 5.69. The average Bonchev–Trinajstić information content (AvgIpc) is 2.33. The van der Waals surface area contributed by atoms with Crippen LogP contribution in [0.15, 0.2) is 18.2 Å². The number of nitro groups is 1. The van der Waals surface area contributed by atoms with Gasteiger partial charge in [0.25, 0.3) is 11.6 Å². The minimum absolute atomic E-state index is 0.0407. The van der Waals surface area contributed by atoms with Crippen LogP contribution in [0.2, 0.25) is 5.02 Å². The fraction of sp³-hybridized carbons (Fsp3) is 0.462. The molecule has 0 aliphatic heterocycles. The van der Waals surface area contributed by atoms with Gasteiger partial charge in [-0.15, -0.1) is 0 Å². The molecule has 0 aromatic heterocycles. The zero-order valence-electron chi connectivity index (χ0n) is 11.0. The molecule has 0 heterocycles. The van der Waals surface area contributed by atoms with Gasteiger partial charge in [-0.05, 0) is 30.9 Å². The van der Waals surface area contributed by atoms with Crippen molar-refractivity contribution in [3.8, 4) is 0 Å². The van der Waals surface area contributed by atoms with Crippen LogP contribution in [0.4, 0.5) is 5.69 Å². The van der Waals surface area contributed by atoms with E-state index in [-0.39, 0.29) is 16.3 Å². The number of nitrogens with zero attached hydrogens (tertiary/aromatic N) is 1. The van der Waals surface area contributed by atoms with Gasteiger partial charge in [-0.2, -0.15) is 0 Å². The molecule has 19 heavy (non-hydrogen) atoms. The van der Waals surface area contributed by atoms with Gasteiger partial charge in [0.1, 0.15) is 5.56 Å². The molecule has 0 saturated carbocycles. The van der Waals surface area contributed by atoms with Crippen LogP contribution >= 0.6 is 11.6 Å². The van der Waals surface area contributed by atoms with Crippen molar-refractivity contribution in [1.29, 1.82) is 0 Å². The summed E-state index contributed by atoms with van der Waals surface area (Å²) in [5.41, 5.74) is -0.229. The summed E-state index contributed by atoms with van der Waals surface area (Å²) in [6.07, 6.45) is 1.85. The largest absolute Gasteiger partial charge is 0.352 e. The quantitative estimate of drug-likeness (QED) is 0.494. The number of rotatable bonds is 6. The fourth-order valence-electron chi connectivity index (χ4n) is 1.66. The van der Waals surface area contributed by atoms with Gasteiger partial charge in [0.15, 0.2) is 0 Å². The Morgan fingerprint density at radius 3 is 2.74 bits per heavy atom. The third kappa shape index (κ3) is 4.87. The molecular formula is C13H17ClN2O3. The Bertz CT molecular complexity index is 475. The highest BCUT2D eigenvalue weighted by atomic mass is 35.5. The molecule has 0 unspecified atom stereocenters. The van der Waals surface area contributed by atoms with Crippen LogP contribution in [0.3, 0.4) is 0 Å². The number of hydrogen-bond acceptors (Lipinski definition) is 3. The van der Waals surface area contributed by atoms with E-state index in [0.29, 0.717) is 12.5 Å². The number of nitrogens with one attached hydrogen (secondary N) is 1. The lowest BCUT2D eigenvalue weighted by molar-refractivity contribution is -0.385. The van der Waals surface area contributed by atoms with E-state index >= 15 is 0 Å². The SMILES string of the molecule is CC(C)CCCNC(=O)c1ccc(Cl)cc1[N+](=O)[O-]. The molecule has 0 fully saturated rings. The molecule has 1 aromatic rings. The molecule has 0 aliphatic carbocycles. The minimum atomic E-state index is -0.602. The highest BCUT2D eigenvalue weighted by Crippen LogP contribution is 2.23. The predicted octanol–water partition coefficient (Wildman–Crippen LogP) is 3.41. The first-order valence-electron chi connectivity index (χ1n) is 6.14. The summed E-state index contributed by atoms with van der Waals surface area (Å²) in [6.45, 7) is 4.72. The van der Waals surface area contributed by atoms with Gasteiger partial charge in [0.05, 0.1) is 4.92 Å². The first-order valence-corrected chi connectivity index (χ1v) is 6.51. The third-order valence-electron chi connectivity index (χ3n) is 2.64. The van der Waals surface area contributed by atoms with Gasteiger partial charge in [0, 0.05) is 17.6 Å². The number of amides is 1. The van der Waals surface area contributed by atoms with Crippen LogP contribution in [0.1, 0.15) is 37.0 Å². The minimum Gasteiger partial charge on any atom is -0.352 e. The van der Waals surface area contributed by atoms with E-state index in [1.807, 2.05) is 0 Å². The summed E-state index contributed by atoms with van der Waals surface area (Å²) in [4.78, 5) is 22.1. The maximum absolute atomic E-state index is 11.9. The number of halogens is 1. The van der Waals surface area contributed by atoms with Gasteiger partial charge >= 0.3 is 0 Å². The number of carbonyl (C=O) groups is 1. The summed E-state index contributed by atoms with van der Waals surface area (Å²) in [5.74, 6) is 0.133. The van der Waals surface area contributed by atoms with Crippen LogP contribution in [0.5, 0.6) is 0 Å². The number of carbonyl (C=O) groups excluding carboxylic acids is 1. The van der Waals surface area contributed by atoms with E-state index in [1.165, 1.54) is 18.2 Å². The highest BCUT2D eigenvalue weighted by molar-refractivity contribution is 6.31. The standard InChI is InChI=1S/C13H17ClN2O3/c1-9(2)4-3-7-15-13(17)11-6-5-10(14)8-12(11)16(18)19/h5-6,8-9H,3-4,7H2,1-2H3,(H,15,17). The molecule has 1 aromatic carbocycles. The Morgan fingerprint density at radius 1 is 1.47 bits per heavy atom. The van der Waals surface area contributed by atoms with Crippen molar-refractivity contribution in [2.45, 2.75) is 26.7 Å². The lowest BCUT2D eigenvalue weighted by atomic mass is 10.1. The molecular weight excluding hydrogens is 268 g/mol. The lowest BCUT2D eigenvalue weighted by Gasteiger charge is -2.07. The summed E-state index contributed by atoms with van der Waals surface area (Å²) in [5, 5.41) is 13.8. The van der Waals surface area contributed by atoms with Crippen LogP contribution in [-0.2, 0) is 0 Å². The van der Waals surface area contributed by atoms with Crippen LogP contribution < -0.4 is 5.32 Å². The van der Waals surface area contributed by atoms with Crippen molar-refractivity contribution in [2.24, 2.45) is 5.92 Å². The molecule has 0 spiro atoms. The molecule has 0 saturated heterocycles. The first-order chi connectivity index (χ1) is 8.91. The number of hydrogen-bond donors (Lipinski definition) is 1. The molecule has 1 amide bonds. The average molecular weight is 285 g/mol. The second kappa shape index (κ2) is 7.09. The van der Waals surface area contributed by atoms with Crippen molar-refractivity contribution in [1.82, 2.24) is 5.32 Å². The van der Waals surface area contributed by atoms with Crippen molar-refractivity contribution >= 4 is 23.2 Å². The lowest BCUT2D eigenvalue weighted by Crippen LogP contribution is -2.25. The molecule has 0 bridgehead atoms. The maximum atomic E-state index is 11.9. The third-order valence-corrected chi connectivity index (χ3v) is 2.88. The zero-order chi connectivity index (χ0) is 14.4. The van der Waals surface area contributed by atoms with E-state index < -0.39 is 10.8 Å². The molecule has 0 atom stereocenters. The predicted molar refractivity (Wildman–Crippen MR) is 74.5 cm³/mol. The maximum Gasteiger partial charge on any atom is 0.283 e.